The van der Waals surface area contributed by atoms with Crippen LogP contribution < -0.4 is 16.0 Å². The van der Waals surface area contributed by atoms with Crippen LogP contribution in [-0.2, 0) is 4.79 Å². The molecular weight excluding hydrogens is 282 g/mol. The smallest absolute Gasteiger partial charge is 0.320 e. The standard InChI is InChI=1S/C15H23N5O2/c1-8-6-10-11(7-9(8)2)20(5-3-4-16)13-12(17-10)14(21)19-15(22)18-13/h8-13,17H,3,5-7H2,1-2H3,(H2,18,19,21,22). The molecule has 0 aromatic heterocycles. The molecule has 2 saturated heterocycles. The summed E-state index contributed by atoms with van der Waals surface area (Å²) >= 11 is 0. The van der Waals surface area contributed by atoms with Gasteiger partial charge in [-0.3, -0.25) is 20.3 Å². The zero-order valence-electron chi connectivity index (χ0n) is 13.0. The van der Waals surface area contributed by atoms with Crippen LogP contribution in [0.15, 0.2) is 0 Å². The first-order valence-electron chi connectivity index (χ1n) is 8.01. The molecule has 3 amide bonds. The molecule has 1 saturated carbocycles. The Balaban J connectivity index is 1.87. The highest BCUT2D eigenvalue weighted by Gasteiger charge is 2.50. The molecule has 0 spiro atoms. The van der Waals surface area contributed by atoms with Crippen LogP contribution in [0.3, 0.4) is 0 Å². The van der Waals surface area contributed by atoms with Gasteiger partial charge in [-0.1, -0.05) is 13.8 Å². The zero-order valence-corrected chi connectivity index (χ0v) is 13.0. The van der Waals surface area contributed by atoms with Gasteiger partial charge in [0.25, 0.3) is 0 Å². The van der Waals surface area contributed by atoms with Gasteiger partial charge < -0.3 is 5.32 Å². The van der Waals surface area contributed by atoms with E-state index in [1.807, 2.05) is 0 Å². The highest BCUT2D eigenvalue weighted by molar-refractivity contribution is 6.00. The van der Waals surface area contributed by atoms with E-state index in [0.717, 1.165) is 12.8 Å². The third-order valence-corrected chi connectivity index (χ3v) is 5.45. The van der Waals surface area contributed by atoms with E-state index in [1.54, 1.807) is 0 Å². The molecule has 120 valence electrons. The summed E-state index contributed by atoms with van der Waals surface area (Å²) in [6.45, 7) is 5.08. The highest BCUT2D eigenvalue weighted by atomic mass is 16.2. The molecular formula is C15H23N5O2. The Labute approximate surface area is 130 Å². The summed E-state index contributed by atoms with van der Waals surface area (Å²) in [5.41, 5.74) is 0. The predicted octanol–water partition coefficient (Wildman–Crippen LogP) is 0.143. The van der Waals surface area contributed by atoms with E-state index in [0.29, 0.717) is 24.8 Å². The minimum absolute atomic E-state index is 0.229. The first-order valence-corrected chi connectivity index (χ1v) is 8.01. The molecule has 0 radical (unpaired) electrons. The molecule has 0 bridgehead atoms. The molecule has 6 unspecified atom stereocenters. The number of amides is 3. The van der Waals surface area contributed by atoms with Crippen molar-refractivity contribution in [3.63, 3.8) is 0 Å². The van der Waals surface area contributed by atoms with Crippen LogP contribution in [0, 0.1) is 23.2 Å². The summed E-state index contributed by atoms with van der Waals surface area (Å²) in [4.78, 5) is 26.0. The van der Waals surface area contributed by atoms with Gasteiger partial charge in [0.15, 0.2) is 0 Å². The lowest BCUT2D eigenvalue weighted by molar-refractivity contribution is -0.130. The quantitative estimate of drug-likeness (QED) is 0.674. The first-order chi connectivity index (χ1) is 10.5. The lowest BCUT2D eigenvalue weighted by atomic mass is 9.73. The molecule has 3 fully saturated rings. The van der Waals surface area contributed by atoms with Gasteiger partial charge in [-0.25, -0.2) is 4.79 Å². The number of hydrogen-bond donors (Lipinski definition) is 3. The Bertz CT molecular complexity index is 517. The maximum absolute atomic E-state index is 12.2. The van der Waals surface area contributed by atoms with Crippen LogP contribution in [0.4, 0.5) is 4.79 Å². The average molecular weight is 305 g/mol. The van der Waals surface area contributed by atoms with Crippen molar-refractivity contribution in [3.05, 3.63) is 0 Å². The average Bonchev–Trinajstić information content (AvgIpc) is 2.46. The number of fused-ring (bicyclic) bond motifs is 2. The fraction of sp³-hybridized carbons (Fsp3) is 0.800. The minimum atomic E-state index is -0.453. The van der Waals surface area contributed by atoms with Crippen LogP contribution in [-0.4, -0.2) is 47.7 Å². The van der Waals surface area contributed by atoms with Gasteiger partial charge in [0.2, 0.25) is 5.91 Å². The zero-order chi connectivity index (χ0) is 15.9. The Morgan fingerprint density at radius 3 is 2.73 bits per heavy atom. The molecule has 3 aliphatic rings. The third-order valence-electron chi connectivity index (χ3n) is 5.45. The molecule has 2 heterocycles. The van der Waals surface area contributed by atoms with Crippen LogP contribution in [0.1, 0.15) is 33.1 Å². The Morgan fingerprint density at radius 1 is 1.27 bits per heavy atom. The minimum Gasteiger partial charge on any atom is -0.320 e. The molecule has 2 aliphatic heterocycles. The van der Waals surface area contributed by atoms with Crippen molar-refractivity contribution in [1.82, 2.24) is 20.9 Å². The largest absolute Gasteiger partial charge is 0.322 e. The van der Waals surface area contributed by atoms with Crippen molar-refractivity contribution in [2.45, 2.75) is 57.4 Å². The molecule has 7 nitrogen and oxygen atoms in total. The summed E-state index contributed by atoms with van der Waals surface area (Å²) in [5.74, 6) is 0.919. The Hall–Kier alpha value is -1.65. The molecule has 0 aromatic rings. The van der Waals surface area contributed by atoms with Crippen LogP contribution in [0.2, 0.25) is 0 Å². The number of carbonyl (C=O) groups excluding carboxylic acids is 2. The summed E-state index contributed by atoms with van der Waals surface area (Å²) < 4.78 is 0. The van der Waals surface area contributed by atoms with Crippen LogP contribution in [0.5, 0.6) is 0 Å². The number of piperazine rings is 1. The third kappa shape index (κ3) is 2.57. The van der Waals surface area contributed by atoms with E-state index >= 15 is 0 Å². The molecule has 7 heteroatoms. The monoisotopic (exact) mass is 305 g/mol. The Kier molecular flexibility index (Phi) is 4.06. The maximum atomic E-state index is 12.2. The second-order valence-corrected chi connectivity index (χ2v) is 6.80. The summed E-state index contributed by atoms with van der Waals surface area (Å²) in [7, 11) is 0. The lowest BCUT2D eigenvalue weighted by Gasteiger charge is -2.55. The summed E-state index contributed by atoms with van der Waals surface area (Å²) in [6, 6.07) is 1.76. The van der Waals surface area contributed by atoms with Crippen molar-refractivity contribution < 1.29 is 9.59 Å². The topological polar surface area (TPSA) is 97.3 Å². The second kappa shape index (κ2) is 5.86. The van der Waals surface area contributed by atoms with Gasteiger partial charge in [0.1, 0.15) is 12.2 Å². The van der Waals surface area contributed by atoms with Gasteiger partial charge in [0, 0.05) is 25.0 Å². The normalized spacial score (nSPS) is 41.7. The van der Waals surface area contributed by atoms with Crippen molar-refractivity contribution in [1.29, 1.82) is 5.26 Å². The van der Waals surface area contributed by atoms with E-state index in [2.05, 4.69) is 40.8 Å². The summed E-state index contributed by atoms with van der Waals surface area (Å²) in [5, 5.41) is 17.5. The van der Waals surface area contributed by atoms with Gasteiger partial charge in [-0.2, -0.15) is 5.26 Å². The number of hydrogen-bond acceptors (Lipinski definition) is 5. The fourth-order valence-corrected chi connectivity index (χ4v) is 4.06. The van der Waals surface area contributed by atoms with Gasteiger partial charge >= 0.3 is 6.03 Å². The molecule has 22 heavy (non-hydrogen) atoms. The predicted molar refractivity (Wildman–Crippen MR) is 79.5 cm³/mol. The fourth-order valence-electron chi connectivity index (χ4n) is 4.06. The van der Waals surface area contributed by atoms with Gasteiger partial charge in [0.05, 0.1) is 6.07 Å². The van der Waals surface area contributed by atoms with Crippen LogP contribution >= 0.6 is 0 Å². The highest BCUT2D eigenvalue weighted by Crippen LogP contribution is 2.36. The van der Waals surface area contributed by atoms with E-state index < -0.39 is 12.1 Å². The number of nitriles is 1. The number of imide groups is 1. The molecule has 6 atom stereocenters. The number of rotatable bonds is 2. The molecule has 3 rings (SSSR count). The van der Waals surface area contributed by atoms with E-state index in [1.165, 1.54) is 0 Å². The number of nitrogens with one attached hydrogen (secondary N) is 3. The lowest BCUT2D eigenvalue weighted by Crippen LogP contribution is -2.79. The van der Waals surface area contributed by atoms with Crippen LogP contribution in [0.25, 0.3) is 0 Å². The van der Waals surface area contributed by atoms with Gasteiger partial charge in [-0.15, -0.1) is 0 Å². The van der Waals surface area contributed by atoms with Crippen molar-refractivity contribution in [2.24, 2.45) is 11.8 Å². The second-order valence-electron chi connectivity index (χ2n) is 6.80. The Morgan fingerprint density at radius 2 is 2.00 bits per heavy atom. The maximum Gasteiger partial charge on any atom is 0.322 e. The molecule has 3 N–H and O–H groups in total. The van der Waals surface area contributed by atoms with Crippen molar-refractivity contribution >= 4 is 11.9 Å². The number of nitrogens with zero attached hydrogens (tertiary/aromatic N) is 2. The number of carbonyl (C=O) groups is 2. The van der Waals surface area contributed by atoms with E-state index in [4.69, 9.17) is 5.26 Å². The SMILES string of the molecule is CC1CC2NC3C(=O)NC(=O)NC3N(CCC#N)C2CC1C. The van der Waals surface area contributed by atoms with E-state index in [-0.39, 0.29) is 24.2 Å². The molecule has 0 aromatic carbocycles. The first kappa shape index (κ1) is 15.3. The van der Waals surface area contributed by atoms with Gasteiger partial charge in [-0.05, 0) is 24.7 Å². The number of urea groups is 1. The summed E-state index contributed by atoms with van der Waals surface area (Å²) in [6.07, 6.45) is 2.06. The van der Waals surface area contributed by atoms with Crippen molar-refractivity contribution in [3.8, 4) is 6.07 Å². The molecule has 1 aliphatic carbocycles. The van der Waals surface area contributed by atoms with Crippen molar-refractivity contribution in [2.75, 3.05) is 6.54 Å². The van der Waals surface area contributed by atoms with E-state index in [9.17, 15) is 9.59 Å².